The lowest BCUT2D eigenvalue weighted by Crippen LogP contribution is -2.38. The number of rotatable bonds is 9. The van der Waals surface area contributed by atoms with Crippen LogP contribution in [0.1, 0.15) is 19.0 Å². The number of hydrogen-bond donors (Lipinski definition) is 2. The van der Waals surface area contributed by atoms with Crippen molar-refractivity contribution in [3.63, 3.8) is 0 Å². The van der Waals surface area contributed by atoms with Gasteiger partial charge >= 0.3 is 0 Å². The van der Waals surface area contributed by atoms with Crippen LogP contribution in [0.4, 0.5) is 0 Å². The van der Waals surface area contributed by atoms with Crippen molar-refractivity contribution >= 4 is 29.9 Å². The van der Waals surface area contributed by atoms with Gasteiger partial charge in [-0.25, -0.2) is 4.99 Å². The van der Waals surface area contributed by atoms with E-state index in [4.69, 9.17) is 9.47 Å². The highest BCUT2D eigenvalue weighted by Crippen LogP contribution is 2.18. The first kappa shape index (κ1) is 22.1. The van der Waals surface area contributed by atoms with Gasteiger partial charge in [-0.2, -0.15) is 5.10 Å². The standard InChI is InChI=1S/C18H27N5O2.HI/c1-4-19-18(21-14-15-9-11-22-23(15)2)20-10-6-12-25-17-8-5-7-16(13-17)24-3;/h5,7-9,11,13H,4,6,10,12,14H2,1-3H3,(H2,19,20,21);1H. The second-order valence-electron chi connectivity index (χ2n) is 5.45. The largest absolute Gasteiger partial charge is 0.497 e. The molecule has 2 N–H and O–H groups in total. The summed E-state index contributed by atoms with van der Waals surface area (Å²) < 4.78 is 12.7. The van der Waals surface area contributed by atoms with E-state index < -0.39 is 0 Å². The SMILES string of the molecule is CCNC(=NCc1ccnn1C)NCCCOc1cccc(OC)c1.I. The fourth-order valence-corrected chi connectivity index (χ4v) is 2.22. The number of aliphatic imine (C=N–C) groups is 1. The van der Waals surface area contributed by atoms with Gasteiger partial charge in [-0.3, -0.25) is 4.68 Å². The van der Waals surface area contributed by atoms with Crippen LogP contribution < -0.4 is 20.1 Å². The van der Waals surface area contributed by atoms with Gasteiger partial charge < -0.3 is 20.1 Å². The molecule has 1 aromatic heterocycles. The third kappa shape index (κ3) is 7.51. The van der Waals surface area contributed by atoms with Crippen LogP contribution in [0.5, 0.6) is 11.5 Å². The van der Waals surface area contributed by atoms with Crippen LogP contribution in [0.15, 0.2) is 41.5 Å². The van der Waals surface area contributed by atoms with Crippen LogP contribution in [0, 0.1) is 0 Å². The zero-order valence-electron chi connectivity index (χ0n) is 15.6. The summed E-state index contributed by atoms with van der Waals surface area (Å²) in [5.74, 6) is 2.41. The van der Waals surface area contributed by atoms with Crippen molar-refractivity contribution in [2.24, 2.45) is 12.0 Å². The average Bonchev–Trinajstić information content (AvgIpc) is 3.04. The van der Waals surface area contributed by atoms with E-state index in [1.165, 1.54) is 0 Å². The van der Waals surface area contributed by atoms with Gasteiger partial charge in [-0.05, 0) is 31.5 Å². The maximum Gasteiger partial charge on any atom is 0.191 e. The fourth-order valence-electron chi connectivity index (χ4n) is 2.22. The second kappa shape index (κ2) is 12.4. The minimum atomic E-state index is 0. The summed E-state index contributed by atoms with van der Waals surface area (Å²) in [6, 6.07) is 9.59. The van der Waals surface area contributed by atoms with Crippen LogP contribution in [-0.4, -0.2) is 42.5 Å². The molecule has 7 nitrogen and oxygen atoms in total. The lowest BCUT2D eigenvalue weighted by atomic mass is 10.3. The number of nitrogens with one attached hydrogen (secondary N) is 2. The van der Waals surface area contributed by atoms with Crippen LogP contribution in [0.25, 0.3) is 0 Å². The molecule has 0 atom stereocenters. The molecule has 0 aliphatic carbocycles. The van der Waals surface area contributed by atoms with E-state index in [9.17, 15) is 0 Å². The van der Waals surface area contributed by atoms with Crippen LogP contribution in [-0.2, 0) is 13.6 Å². The van der Waals surface area contributed by atoms with Gasteiger partial charge in [0.2, 0.25) is 0 Å². The predicted molar refractivity (Wildman–Crippen MR) is 115 cm³/mol. The lowest BCUT2D eigenvalue weighted by Gasteiger charge is -2.12. The molecule has 2 rings (SSSR count). The first-order chi connectivity index (χ1) is 12.2. The lowest BCUT2D eigenvalue weighted by molar-refractivity contribution is 0.308. The van der Waals surface area contributed by atoms with Gasteiger partial charge in [0, 0.05) is 32.4 Å². The molecule has 1 aromatic carbocycles. The topological polar surface area (TPSA) is 72.7 Å². The summed E-state index contributed by atoms with van der Waals surface area (Å²) in [4.78, 5) is 4.57. The van der Waals surface area contributed by atoms with Gasteiger partial charge in [-0.15, -0.1) is 24.0 Å². The molecule has 0 amide bonds. The highest BCUT2D eigenvalue weighted by atomic mass is 127. The number of benzene rings is 1. The number of nitrogens with zero attached hydrogens (tertiary/aromatic N) is 3. The van der Waals surface area contributed by atoms with Gasteiger partial charge in [0.15, 0.2) is 5.96 Å². The van der Waals surface area contributed by atoms with E-state index in [1.807, 2.05) is 49.0 Å². The van der Waals surface area contributed by atoms with Gasteiger partial charge in [0.25, 0.3) is 0 Å². The summed E-state index contributed by atoms with van der Waals surface area (Å²) >= 11 is 0. The first-order valence-corrected chi connectivity index (χ1v) is 8.49. The highest BCUT2D eigenvalue weighted by Gasteiger charge is 2.01. The van der Waals surface area contributed by atoms with Crippen molar-refractivity contribution in [1.82, 2.24) is 20.4 Å². The number of halogens is 1. The Morgan fingerprint density at radius 3 is 2.73 bits per heavy atom. The van der Waals surface area contributed by atoms with E-state index in [1.54, 1.807) is 13.3 Å². The van der Waals surface area contributed by atoms with Crippen molar-refractivity contribution in [3.05, 3.63) is 42.2 Å². The Balaban J connectivity index is 0.00000338. The summed E-state index contributed by atoms with van der Waals surface area (Å²) in [5, 5.41) is 10.7. The Kier molecular flexibility index (Phi) is 10.5. The summed E-state index contributed by atoms with van der Waals surface area (Å²) in [7, 11) is 3.57. The molecule has 1 heterocycles. The third-order valence-corrected chi connectivity index (χ3v) is 3.59. The molecule has 0 bridgehead atoms. The molecule has 26 heavy (non-hydrogen) atoms. The van der Waals surface area contributed by atoms with E-state index in [0.717, 1.165) is 42.7 Å². The maximum absolute atomic E-state index is 5.73. The van der Waals surface area contributed by atoms with E-state index in [2.05, 4.69) is 20.7 Å². The molecule has 144 valence electrons. The summed E-state index contributed by atoms with van der Waals surface area (Å²) in [6.07, 6.45) is 2.65. The van der Waals surface area contributed by atoms with Gasteiger partial charge in [0.1, 0.15) is 11.5 Å². The quantitative estimate of drug-likeness (QED) is 0.254. The number of hydrogen-bond acceptors (Lipinski definition) is 4. The van der Waals surface area contributed by atoms with Crippen LogP contribution in [0.2, 0.25) is 0 Å². The number of methoxy groups -OCH3 is 1. The van der Waals surface area contributed by atoms with Crippen molar-refractivity contribution in [3.8, 4) is 11.5 Å². The monoisotopic (exact) mass is 473 g/mol. The minimum Gasteiger partial charge on any atom is -0.497 e. The smallest absolute Gasteiger partial charge is 0.191 e. The fraction of sp³-hybridized carbons (Fsp3) is 0.444. The molecule has 0 unspecified atom stereocenters. The zero-order valence-corrected chi connectivity index (χ0v) is 17.9. The predicted octanol–water partition coefficient (Wildman–Crippen LogP) is 2.57. The Labute approximate surface area is 172 Å². The zero-order chi connectivity index (χ0) is 17.9. The Bertz CT molecular complexity index is 675. The molecule has 0 aliphatic heterocycles. The number of guanidine groups is 1. The first-order valence-electron chi connectivity index (χ1n) is 8.49. The molecule has 0 fully saturated rings. The number of aryl methyl sites for hydroxylation is 1. The molecule has 2 aromatic rings. The molecular weight excluding hydrogens is 445 g/mol. The minimum absolute atomic E-state index is 0. The van der Waals surface area contributed by atoms with Crippen molar-refractivity contribution in [2.45, 2.75) is 19.9 Å². The Hall–Kier alpha value is -1.97. The molecule has 0 aliphatic rings. The Morgan fingerprint density at radius 2 is 2.04 bits per heavy atom. The van der Waals surface area contributed by atoms with Crippen LogP contribution >= 0.6 is 24.0 Å². The van der Waals surface area contributed by atoms with Crippen molar-refractivity contribution in [2.75, 3.05) is 26.8 Å². The molecule has 0 saturated carbocycles. The molecule has 8 heteroatoms. The molecule has 0 spiro atoms. The van der Waals surface area contributed by atoms with Crippen LogP contribution in [0.3, 0.4) is 0 Å². The molecule has 0 radical (unpaired) electrons. The second-order valence-corrected chi connectivity index (χ2v) is 5.45. The van der Waals surface area contributed by atoms with E-state index in [0.29, 0.717) is 13.2 Å². The average molecular weight is 473 g/mol. The Morgan fingerprint density at radius 1 is 1.23 bits per heavy atom. The van der Waals surface area contributed by atoms with Gasteiger partial charge in [-0.1, -0.05) is 6.07 Å². The summed E-state index contributed by atoms with van der Waals surface area (Å²) in [5.41, 5.74) is 1.07. The molecule has 0 saturated heterocycles. The van der Waals surface area contributed by atoms with E-state index >= 15 is 0 Å². The normalized spacial score (nSPS) is 10.8. The van der Waals surface area contributed by atoms with Crippen molar-refractivity contribution in [1.29, 1.82) is 0 Å². The van der Waals surface area contributed by atoms with Crippen molar-refractivity contribution < 1.29 is 9.47 Å². The van der Waals surface area contributed by atoms with E-state index in [-0.39, 0.29) is 24.0 Å². The molecular formula is C18H28IN5O2. The summed E-state index contributed by atoms with van der Waals surface area (Å²) in [6.45, 7) is 4.86. The number of aromatic nitrogens is 2. The maximum atomic E-state index is 5.73. The number of ether oxygens (including phenoxy) is 2. The van der Waals surface area contributed by atoms with Gasteiger partial charge in [0.05, 0.1) is 26.0 Å². The highest BCUT2D eigenvalue weighted by molar-refractivity contribution is 14.0. The third-order valence-electron chi connectivity index (χ3n) is 3.59.